The van der Waals surface area contributed by atoms with Crippen LogP contribution in [-0.2, 0) is 14.6 Å². The number of quaternary nitrogens is 1. The Hall–Kier alpha value is -1.60. The molecule has 2 aliphatic heterocycles. The molecule has 2 fully saturated rings. The van der Waals surface area contributed by atoms with Crippen LogP contribution in [0.25, 0.3) is 0 Å². The van der Waals surface area contributed by atoms with Gasteiger partial charge in [0.25, 0.3) is 5.91 Å². The Morgan fingerprint density at radius 3 is 2.58 bits per heavy atom. The zero-order chi connectivity index (χ0) is 18.9. The van der Waals surface area contributed by atoms with Crippen LogP contribution in [0.5, 0.6) is 0 Å². The number of hydrogen-bond donors (Lipinski definition) is 2. The van der Waals surface area contributed by atoms with E-state index in [4.69, 9.17) is 0 Å². The summed E-state index contributed by atoms with van der Waals surface area (Å²) in [5, 5.41) is 2.94. The van der Waals surface area contributed by atoms with E-state index < -0.39 is 9.84 Å². The topological polar surface area (TPSA) is 70.9 Å². The minimum Gasteiger partial charge on any atom is -0.360 e. The summed E-state index contributed by atoms with van der Waals surface area (Å²) in [5.41, 5.74) is 3.91. The van der Waals surface area contributed by atoms with Crippen molar-refractivity contribution in [2.45, 2.75) is 39.3 Å². The Bertz CT molecular complexity index is 770. The molecule has 1 aromatic carbocycles. The summed E-state index contributed by atoms with van der Waals surface area (Å²) >= 11 is 0. The lowest BCUT2D eigenvalue weighted by molar-refractivity contribution is -0.914. The van der Waals surface area contributed by atoms with E-state index in [0.717, 1.165) is 26.2 Å². The monoisotopic (exact) mass is 380 g/mol. The minimum absolute atomic E-state index is 0.0257. The second kappa shape index (κ2) is 7.56. The first-order valence-corrected chi connectivity index (χ1v) is 11.3. The number of carbonyl (C=O) groups excluding carboxylic acids is 1. The van der Waals surface area contributed by atoms with Gasteiger partial charge in [-0.15, -0.1) is 0 Å². The molecule has 3 rings (SSSR count). The van der Waals surface area contributed by atoms with Crippen LogP contribution in [-0.4, -0.2) is 64.1 Å². The van der Waals surface area contributed by atoms with Crippen molar-refractivity contribution < 1.29 is 18.1 Å². The lowest BCUT2D eigenvalue weighted by Crippen LogP contribution is -3.19. The molecule has 0 aromatic heterocycles. The molecule has 0 bridgehead atoms. The van der Waals surface area contributed by atoms with Gasteiger partial charge in [0.15, 0.2) is 15.9 Å². The second-order valence-electron chi connectivity index (χ2n) is 7.69. The largest absolute Gasteiger partial charge is 0.360 e. The minimum atomic E-state index is -2.97. The highest BCUT2D eigenvalue weighted by Gasteiger charge is 2.34. The molecule has 7 heteroatoms. The Kier molecular flexibility index (Phi) is 5.58. The maximum atomic E-state index is 12.5. The molecule has 2 saturated heterocycles. The highest BCUT2D eigenvalue weighted by Crippen LogP contribution is 2.22. The van der Waals surface area contributed by atoms with E-state index in [1.165, 1.54) is 21.7 Å². The number of carbonyl (C=O) groups is 1. The first kappa shape index (κ1) is 19.2. The Morgan fingerprint density at radius 1 is 1.27 bits per heavy atom. The SMILES string of the molecule is Cc1cccc(N2CC[NH+]([C@@H](C)C(=O)N[C@H]3CCS(=O)(=O)C3)CC2)c1C. The van der Waals surface area contributed by atoms with Crippen molar-refractivity contribution in [1.82, 2.24) is 5.32 Å². The van der Waals surface area contributed by atoms with Gasteiger partial charge in [-0.2, -0.15) is 0 Å². The van der Waals surface area contributed by atoms with Crippen molar-refractivity contribution in [2.75, 3.05) is 42.6 Å². The molecule has 2 N–H and O–H groups in total. The molecule has 0 aliphatic carbocycles. The molecule has 6 nitrogen and oxygen atoms in total. The summed E-state index contributed by atoms with van der Waals surface area (Å²) in [6, 6.07) is 6.03. The number of nitrogens with one attached hydrogen (secondary N) is 2. The van der Waals surface area contributed by atoms with Crippen LogP contribution in [0.4, 0.5) is 5.69 Å². The number of nitrogens with zero attached hydrogens (tertiary/aromatic N) is 1. The highest BCUT2D eigenvalue weighted by molar-refractivity contribution is 7.91. The van der Waals surface area contributed by atoms with E-state index in [2.05, 4.69) is 42.3 Å². The standard InChI is InChI=1S/C19H29N3O3S/c1-14-5-4-6-18(15(14)2)22-10-8-21(9-11-22)16(3)19(23)20-17-7-12-26(24,25)13-17/h4-6,16-17H,7-13H2,1-3H3,(H,20,23)/p+1/t16-,17-/m0/s1. The molecular formula is C19H30N3O3S+. The van der Waals surface area contributed by atoms with E-state index in [-0.39, 0.29) is 29.5 Å². The van der Waals surface area contributed by atoms with Gasteiger partial charge in [0, 0.05) is 11.7 Å². The summed E-state index contributed by atoms with van der Waals surface area (Å²) < 4.78 is 23.1. The van der Waals surface area contributed by atoms with E-state index in [9.17, 15) is 13.2 Å². The molecule has 1 aromatic rings. The van der Waals surface area contributed by atoms with Gasteiger partial charge in [-0.3, -0.25) is 4.79 Å². The molecule has 0 saturated carbocycles. The zero-order valence-electron chi connectivity index (χ0n) is 15.9. The molecular weight excluding hydrogens is 350 g/mol. The predicted molar refractivity (Wildman–Crippen MR) is 103 cm³/mol. The molecule has 1 amide bonds. The van der Waals surface area contributed by atoms with Crippen LogP contribution in [0.2, 0.25) is 0 Å². The van der Waals surface area contributed by atoms with Gasteiger partial charge in [0.1, 0.15) is 0 Å². The number of sulfone groups is 1. The molecule has 26 heavy (non-hydrogen) atoms. The predicted octanol–water partition coefficient (Wildman–Crippen LogP) is -0.300. The van der Waals surface area contributed by atoms with Crippen molar-refractivity contribution >= 4 is 21.4 Å². The Balaban J connectivity index is 1.54. The van der Waals surface area contributed by atoms with Crippen molar-refractivity contribution in [3.63, 3.8) is 0 Å². The van der Waals surface area contributed by atoms with Crippen molar-refractivity contribution in [2.24, 2.45) is 0 Å². The normalized spacial score (nSPS) is 24.4. The lowest BCUT2D eigenvalue weighted by Gasteiger charge is -2.37. The van der Waals surface area contributed by atoms with E-state index in [1.807, 2.05) is 6.92 Å². The number of amides is 1. The summed E-state index contributed by atoms with van der Waals surface area (Å²) in [6.45, 7) is 9.91. The second-order valence-corrected chi connectivity index (χ2v) is 9.92. The van der Waals surface area contributed by atoms with Gasteiger partial charge in [-0.1, -0.05) is 12.1 Å². The summed E-state index contributed by atoms with van der Waals surface area (Å²) in [7, 11) is -2.97. The van der Waals surface area contributed by atoms with Crippen molar-refractivity contribution in [3.8, 4) is 0 Å². The molecule has 0 radical (unpaired) electrons. The van der Waals surface area contributed by atoms with Gasteiger partial charge >= 0.3 is 0 Å². The maximum absolute atomic E-state index is 12.5. The third kappa shape index (κ3) is 4.20. The average Bonchev–Trinajstić information content (AvgIpc) is 2.95. The van der Waals surface area contributed by atoms with Crippen LogP contribution >= 0.6 is 0 Å². The number of benzene rings is 1. The number of aryl methyl sites for hydroxylation is 1. The number of anilines is 1. The zero-order valence-corrected chi connectivity index (χ0v) is 16.7. The first-order chi connectivity index (χ1) is 12.3. The highest BCUT2D eigenvalue weighted by atomic mass is 32.2. The molecule has 2 heterocycles. The summed E-state index contributed by atoms with van der Waals surface area (Å²) in [5.74, 6) is 0.247. The quantitative estimate of drug-likeness (QED) is 0.753. The van der Waals surface area contributed by atoms with E-state index in [0.29, 0.717) is 6.42 Å². The fraction of sp³-hybridized carbons (Fsp3) is 0.632. The fourth-order valence-corrected chi connectivity index (χ4v) is 5.64. The maximum Gasteiger partial charge on any atom is 0.278 e. The van der Waals surface area contributed by atoms with Gasteiger partial charge in [0.2, 0.25) is 0 Å². The van der Waals surface area contributed by atoms with Gasteiger partial charge < -0.3 is 15.1 Å². The van der Waals surface area contributed by atoms with Crippen LogP contribution in [0.15, 0.2) is 18.2 Å². The van der Waals surface area contributed by atoms with Crippen molar-refractivity contribution in [1.29, 1.82) is 0 Å². The van der Waals surface area contributed by atoms with Gasteiger partial charge in [0.05, 0.1) is 37.7 Å². The Labute approximate surface area is 156 Å². The molecule has 2 aliphatic rings. The first-order valence-electron chi connectivity index (χ1n) is 9.43. The molecule has 0 unspecified atom stereocenters. The molecule has 2 atom stereocenters. The number of rotatable bonds is 4. The molecule has 144 valence electrons. The van der Waals surface area contributed by atoms with Gasteiger partial charge in [-0.25, -0.2) is 8.42 Å². The van der Waals surface area contributed by atoms with Crippen LogP contribution in [0.1, 0.15) is 24.5 Å². The average molecular weight is 381 g/mol. The van der Waals surface area contributed by atoms with Gasteiger partial charge in [-0.05, 0) is 44.4 Å². The fourth-order valence-electron chi connectivity index (χ4n) is 3.97. The van der Waals surface area contributed by atoms with Crippen LogP contribution < -0.4 is 15.1 Å². The van der Waals surface area contributed by atoms with Crippen LogP contribution in [0, 0.1) is 13.8 Å². The van der Waals surface area contributed by atoms with Crippen LogP contribution in [0.3, 0.4) is 0 Å². The van der Waals surface area contributed by atoms with Crippen molar-refractivity contribution in [3.05, 3.63) is 29.3 Å². The van der Waals surface area contributed by atoms with E-state index >= 15 is 0 Å². The smallest absolute Gasteiger partial charge is 0.278 e. The third-order valence-electron chi connectivity index (χ3n) is 5.91. The summed E-state index contributed by atoms with van der Waals surface area (Å²) in [6.07, 6.45) is 0.538. The van der Waals surface area contributed by atoms with E-state index in [1.54, 1.807) is 0 Å². The molecule has 0 spiro atoms. The summed E-state index contributed by atoms with van der Waals surface area (Å²) in [4.78, 5) is 16.2. The number of piperazine rings is 1. The Morgan fingerprint density at radius 2 is 1.96 bits per heavy atom. The lowest BCUT2D eigenvalue weighted by atomic mass is 10.1. The number of hydrogen-bond acceptors (Lipinski definition) is 4. The third-order valence-corrected chi connectivity index (χ3v) is 7.67.